The second-order valence-corrected chi connectivity index (χ2v) is 4.45. The molecule has 0 amide bonds. The molecule has 14 heavy (non-hydrogen) atoms. The van der Waals surface area contributed by atoms with Crippen LogP contribution in [0.4, 0.5) is 0 Å². The molecule has 1 aromatic heterocycles. The van der Waals surface area contributed by atoms with E-state index in [2.05, 4.69) is 6.92 Å². The van der Waals surface area contributed by atoms with Gasteiger partial charge < -0.3 is 4.42 Å². The molecule has 1 aliphatic rings. The number of Topliss-reactive ketones (excluding diaryl/α,β-unsaturated/α-hetero) is 1. The normalized spacial score (nSPS) is 19.8. The number of ketones is 1. The van der Waals surface area contributed by atoms with Gasteiger partial charge in [-0.3, -0.25) is 4.79 Å². The summed E-state index contributed by atoms with van der Waals surface area (Å²) < 4.78 is 5.19. The van der Waals surface area contributed by atoms with Gasteiger partial charge in [0.05, 0.1) is 12.7 Å². The zero-order chi connectivity index (χ0) is 10.0. The molecule has 0 saturated heterocycles. The summed E-state index contributed by atoms with van der Waals surface area (Å²) in [5.74, 6) is 1.13. The smallest absolute Gasteiger partial charge is 0.146 e. The van der Waals surface area contributed by atoms with Gasteiger partial charge in [-0.25, -0.2) is 0 Å². The summed E-state index contributed by atoms with van der Waals surface area (Å²) in [6.07, 6.45) is 6.57. The minimum absolute atomic E-state index is 0.0766. The molecular formula is C12H16O2. The van der Waals surface area contributed by atoms with E-state index in [-0.39, 0.29) is 5.41 Å². The molecule has 1 heterocycles. The van der Waals surface area contributed by atoms with Crippen molar-refractivity contribution in [2.24, 2.45) is 5.41 Å². The van der Waals surface area contributed by atoms with Crippen LogP contribution in [0.3, 0.4) is 0 Å². The topological polar surface area (TPSA) is 30.2 Å². The van der Waals surface area contributed by atoms with Crippen molar-refractivity contribution < 1.29 is 9.21 Å². The van der Waals surface area contributed by atoms with Crippen LogP contribution >= 0.6 is 0 Å². The quantitative estimate of drug-likeness (QED) is 0.737. The fraction of sp³-hybridized carbons (Fsp3) is 0.583. The second kappa shape index (κ2) is 3.60. The SMILES string of the molecule is CC1(C(=O)Cc2ccco2)CCCC1. The van der Waals surface area contributed by atoms with Crippen LogP contribution in [0.1, 0.15) is 38.4 Å². The van der Waals surface area contributed by atoms with E-state index in [4.69, 9.17) is 4.42 Å². The Morgan fingerprint density at radius 2 is 2.21 bits per heavy atom. The molecule has 1 fully saturated rings. The Labute approximate surface area is 84.3 Å². The fourth-order valence-electron chi connectivity index (χ4n) is 2.22. The fourth-order valence-corrected chi connectivity index (χ4v) is 2.22. The predicted molar refractivity (Wildman–Crippen MR) is 54.0 cm³/mol. The van der Waals surface area contributed by atoms with Gasteiger partial charge in [0, 0.05) is 5.41 Å². The first-order valence-corrected chi connectivity index (χ1v) is 5.26. The highest BCUT2D eigenvalue weighted by Gasteiger charge is 2.35. The van der Waals surface area contributed by atoms with Crippen molar-refractivity contribution in [2.75, 3.05) is 0 Å². The molecule has 76 valence electrons. The van der Waals surface area contributed by atoms with Crippen molar-refractivity contribution in [3.8, 4) is 0 Å². The molecule has 2 rings (SSSR count). The summed E-state index contributed by atoms with van der Waals surface area (Å²) in [6, 6.07) is 3.70. The van der Waals surface area contributed by atoms with Crippen LogP contribution in [0.2, 0.25) is 0 Å². The number of carbonyl (C=O) groups is 1. The maximum absolute atomic E-state index is 12.0. The standard InChI is InChI=1S/C12H16O2/c1-12(6-2-3-7-12)11(13)9-10-5-4-8-14-10/h4-5,8H,2-3,6-7,9H2,1H3. The number of furan rings is 1. The molecule has 2 heteroatoms. The first-order valence-electron chi connectivity index (χ1n) is 5.26. The first kappa shape index (κ1) is 9.50. The largest absolute Gasteiger partial charge is 0.469 e. The highest BCUT2D eigenvalue weighted by Crippen LogP contribution is 2.39. The van der Waals surface area contributed by atoms with Gasteiger partial charge >= 0.3 is 0 Å². The number of carbonyl (C=O) groups excluding carboxylic acids is 1. The van der Waals surface area contributed by atoms with Gasteiger partial charge in [-0.15, -0.1) is 0 Å². The van der Waals surface area contributed by atoms with Crippen LogP contribution in [-0.4, -0.2) is 5.78 Å². The van der Waals surface area contributed by atoms with Gasteiger partial charge in [0.1, 0.15) is 11.5 Å². The van der Waals surface area contributed by atoms with Crippen molar-refractivity contribution in [1.82, 2.24) is 0 Å². The third kappa shape index (κ3) is 1.74. The molecule has 0 aromatic carbocycles. The van der Waals surface area contributed by atoms with Gasteiger partial charge in [0.15, 0.2) is 0 Å². The van der Waals surface area contributed by atoms with E-state index < -0.39 is 0 Å². The van der Waals surface area contributed by atoms with E-state index in [0.29, 0.717) is 12.2 Å². The number of hydrogen-bond acceptors (Lipinski definition) is 2. The lowest BCUT2D eigenvalue weighted by molar-refractivity contribution is -0.127. The minimum atomic E-state index is -0.0766. The number of rotatable bonds is 3. The second-order valence-electron chi connectivity index (χ2n) is 4.45. The van der Waals surface area contributed by atoms with Gasteiger partial charge in [-0.05, 0) is 25.0 Å². The maximum Gasteiger partial charge on any atom is 0.146 e. The maximum atomic E-state index is 12.0. The molecule has 0 aliphatic heterocycles. The lowest BCUT2D eigenvalue weighted by atomic mass is 9.82. The molecule has 0 spiro atoms. The van der Waals surface area contributed by atoms with Crippen LogP contribution in [0.15, 0.2) is 22.8 Å². The van der Waals surface area contributed by atoms with E-state index in [1.807, 2.05) is 12.1 Å². The summed E-state index contributed by atoms with van der Waals surface area (Å²) in [4.78, 5) is 12.0. The van der Waals surface area contributed by atoms with Crippen LogP contribution in [0, 0.1) is 5.41 Å². The third-order valence-electron chi connectivity index (χ3n) is 3.30. The molecule has 1 aromatic rings. The van der Waals surface area contributed by atoms with Crippen LogP contribution in [0.5, 0.6) is 0 Å². The van der Waals surface area contributed by atoms with Gasteiger partial charge in [0.2, 0.25) is 0 Å². The Kier molecular flexibility index (Phi) is 2.44. The van der Waals surface area contributed by atoms with Crippen molar-refractivity contribution >= 4 is 5.78 Å². The molecular weight excluding hydrogens is 176 g/mol. The van der Waals surface area contributed by atoms with Crippen molar-refractivity contribution in [1.29, 1.82) is 0 Å². The Balaban J connectivity index is 2.02. The zero-order valence-corrected chi connectivity index (χ0v) is 8.58. The van der Waals surface area contributed by atoms with Crippen molar-refractivity contribution in [3.63, 3.8) is 0 Å². The monoisotopic (exact) mass is 192 g/mol. The zero-order valence-electron chi connectivity index (χ0n) is 8.58. The summed E-state index contributed by atoms with van der Waals surface area (Å²) in [7, 11) is 0. The average molecular weight is 192 g/mol. The van der Waals surface area contributed by atoms with E-state index in [1.165, 1.54) is 12.8 Å². The predicted octanol–water partition coefficient (Wildman–Crippen LogP) is 2.97. The molecule has 0 N–H and O–H groups in total. The summed E-state index contributed by atoms with van der Waals surface area (Å²) in [5, 5.41) is 0. The van der Waals surface area contributed by atoms with Crippen molar-refractivity contribution in [3.05, 3.63) is 24.2 Å². The van der Waals surface area contributed by atoms with Crippen molar-refractivity contribution in [2.45, 2.75) is 39.0 Å². The van der Waals surface area contributed by atoms with Gasteiger partial charge in [-0.2, -0.15) is 0 Å². The molecule has 1 aliphatic carbocycles. The molecule has 0 unspecified atom stereocenters. The average Bonchev–Trinajstić information content (AvgIpc) is 2.76. The summed E-state index contributed by atoms with van der Waals surface area (Å²) >= 11 is 0. The molecule has 0 bridgehead atoms. The van der Waals surface area contributed by atoms with Gasteiger partial charge in [-0.1, -0.05) is 19.8 Å². The highest BCUT2D eigenvalue weighted by atomic mass is 16.3. The lowest BCUT2D eigenvalue weighted by Gasteiger charge is -2.20. The Bertz CT molecular complexity index is 305. The lowest BCUT2D eigenvalue weighted by Crippen LogP contribution is -2.25. The minimum Gasteiger partial charge on any atom is -0.469 e. The Hall–Kier alpha value is -1.05. The van der Waals surface area contributed by atoms with Gasteiger partial charge in [0.25, 0.3) is 0 Å². The van der Waals surface area contributed by atoms with E-state index in [0.717, 1.165) is 18.6 Å². The van der Waals surface area contributed by atoms with E-state index in [9.17, 15) is 4.79 Å². The third-order valence-corrected chi connectivity index (χ3v) is 3.30. The van der Waals surface area contributed by atoms with E-state index >= 15 is 0 Å². The number of hydrogen-bond donors (Lipinski definition) is 0. The van der Waals surface area contributed by atoms with Crippen LogP contribution in [-0.2, 0) is 11.2 Å². The molecule has 0 radical (unpaired) electrons. The van der Waals surface area contributed by atoms with Crippen LogP contribution in [0.25, 0.3) is 0 Å². The Morgan fingerprint density at radius 3 is 2.79 bits per heavy atom. The summed E-state index contributed by atoms with van der Waals surface area (Å²) in [5.41, 5.74) is -0.0766. The molecule has 1 saturated carbocycles. The first-order chi connectivity index (χ1) is 6.71. The molecule has 0 atom stereocenters. The Morgan fingerprint density at radius 1 is 1.50 bits per heavy atom. The molecule has 2 nitrogen and oxygen atoms in total. The van der Waals surface area contributed by atoms with Crippen LogP contribution < -0.4 is 0 Å². The summed E-state index contributed by atoms with van der Waals surface area (Å²) in [6.45, 7) is 2.09. The highest BCUT2D eigenvalue weighted by molar-refractivity contribution is 5.86. The van der Waals surface area contributed by atoms with E-state index in [1.54, 1.807) is 6.26 Å².